The van der Waals surface area contributed by atoms with Crippen molar-refractivity contribution in [1.82, 2.24) is 10.2 Å². The highest BCUT2D eigenvalue weighted by Gasteiger charge is 2.25. The minimum absolute atomic E-state index is 0.0339. The molecule has 1 fully saturated rings. The summed E-state index contributed by atoms with van der Waals surface area (Å²) in [5, 5.41) is 6.15. The first-order chi connectivity index (χ1) is 15.1. The lowest BCUT2D eigenvalue weighted by molar-refractivity contribution is -0.114. The Balaban J connectivity index is 1.58. The summed E-state index contributed by atoms with van der Waals surface area (Å²) < 4.78 is 11.9. The maximum atomic E-state index is 11.2. The summed E-state index contributed by atoms with van der Waals surface area (Å²) in [6.07, 6.45) is 0.0339. The van der Waals surface area contributed by atoms with Crippen LogP contribution in [0.5, 0.6) is 5.75 Å². The third-order valence-electron chi connectivity index (χ3n) is 5.01. The molecule has 1 amide bonds. The van der Waals surface area contributed by atoms with Crippen LogP contribution >= 0.6 is 0 Å². The van der Waals surface area contributed by atoms with E-state index in [1.807, 2.05) is 24.3 Å². The van der Waals surface area contributed by atoms with Gasteiger partial charge in [-0.15, -0.1) is 0 Å². The second kappa shape index (κ2) is 11.4. The second-order valence-electron chi connectivity index (χ2n) is 7.46. The largest absolute Gasteiger partial charge is 0.492 e. The van der Waals surface area contributed by atoms with Gasteiger partial charge in [0.15, 0.2) is 5.96 Å². The molecule has 1 heterocycles. The Morgan fingerprint density at radius 3 is 2.87 bits per heavy atom. The Morgan fingerprint density at radius 1 is 1.26 bits per heavy atom. The zero-order valence-corrected chi connectivity index (χ0v) is 18.6. The number of carbonyl (C=O) groups is 1. The van der Waals surface area contributed by atoms with E-state index in [1.165, 1.54) is 18.1 Å². The number of hydrogen-bond donors (Lipinski definition) is 2. The molecule has 1 aliphatic rings. The molecule has 0 radical (unpaired) electrons. The molecule has 2 aromatic carbocycles. The number of benzene rings is 2. The van der Waals surface area contributed by atoms with Crippen LogP contribution in [0.4, 0.5) is 5.69 Å². The van der Waals surface area contributed by atoms with Gasteiger partial charge in [-0.3, -0.25) is 4.79 Å². The third-order valence-corrected chi connectivity index (χ3v) is 5.01. The minimum Gasteiger partial charge on any atom is -0.492 e. The molecule has 1 unspecified atom stereocenters. The van der Waals surface area contributed by atoms with E-state index in [4.69, 9.17) is 14.5 Å². The minimum atomic E-state index is -0.105. The summed E-state index contributed by atoms with van der Waals surface area (Å²) in [4.78, 5) is 18.2. The molecule has 166 valence electrons. The van der Waals surface area contributed by atoms with Gasteiger partial charge in [-0.1, -0.05) is 30.3 Å². The maximum absolute atomic E-state index is 11.2. The zero-order valence-electron chi connectivity index (χ0n) is 18.6. The van der Waals surface area contributed by atoms with Gasteiger partial charge in [-0.05, 0) is 37.1 Å². The van der Waals surface area contributed by atoms with E-state index in [9.17, 15) is 4.79 Å². The Hall–Kier alpha value is -3.06. The van der Waals surface area contributed by atoms with Crippen molar-refractivity contribution in [2.24, 2.45) is 4.99 Å². The van der Waals surface area contributed by atoms with E-state index < -0.39 is 0 Å². The van der Waals surface area contributed by atoms with Crippen LogP contribution in [0.15, 0.2) is 53.5 Å². The number of aliphatic imine (C=N–C) groups is 1. The molecule has 0 aromatic heterocycles. The van der Waals surface area contributed by atoms with Crippen molar-refractivity contribution in [3.63, 3.8) is 0 Å². The molecule has 0 saturated carbocycles. The van der Waals surface area contributed by atoms with Gasteiger partial charge >= 0.3 is 0 Å². The predicted molar refractivity (Wildman–Crippen MR) is 124 cm³/mol. The van der Waals surface area contributed by atoms with Crippen molar-refractivity contribution < 1.29 is 14.3 Å². The topological polar surface area (TPSA) is 75.2 Å². The lowest BCUT2D eigenvalue weighted by atomic mass is 10.0. The monoisotopic (exact) mass is 424 g/mol. The van der Waals surface area contributed by atoms with Crippen LogP contribution < -0.4 is 15.4 Å². The number of aryl methyl sites for hydroxylation is 1. The molecule has 0 bridgehead atoms. The number of morpholine rings is 1. The average molecular weight is 425 g/mol. The van der Waals surface area contributed by atoms with Crippen LogP contribution in [0, 0.1) is 6.92 Å². The predicted octanol–water partition coefficient (Wildman–Crippen LogP) is 3.37. The zero-order chi connectivity index (χ0) is 22.1. The SMILES string of the molecule is CCNC(=NCCOc1cccc(NC(C)=O)c1)N1CCOC(c2ccccc2C)C1. The highest BCUT2D eigenvalue weighted by molar-refractivity contribution is 5.88. The van der Waals surface area contributed by atoms with Crippen molar-refractivity contribution in [2.45, 2.75) is 26.9 Å². The molecule has 1 saturated heterocycles. The third kappa shape index (κ3) is 6.72. The summed E-state index contributed by atoms with van der Waals surface area (Å²) >= 11 is 0. The molecular weight excluding hydrogens is 392 g/mol. The van der Waals surface area contributed by atoms with Gasteiger partial charge in [0.2, 0.25) is 5.91 Å². The number of guanidine groups is 1. The Kier molecular flexibility index (Phi) is 8.29. The molecule has 0 spiro atoms. The summed E-state index contributed by atoms with van der Waals surface area (Å²) in [6, 6.07) is 15.7. The first-order valence-electron chi connectivity index (χ1n) is 10.8. The van der Waals surface area contributed by atoms with E-state index >= 15 is 0 Å². The van der Waals surface area contributed by atoms with Crippen LogP contribution in [-0.4, -0.2) is 56.2 Å². The van der Waals surface area contributed by atoms with E-state index in [0.717, 1.165) is 31.3 Å². The first kappa shape index (κ1) is 22.6. The molecule has 1 atom stereocenters. The number of nitrogens with one attached hydrogen (secondary N) is 2. The summed E-state index contributed by atoms with van der Waals surface area (Å²) in [5.74, 6) is 1.48. The van der Waals surface area contributed by atoms with E-state index in [1.54, 1.807) is 0 Å². The van der Waals surface area contributed by atoms with Crippen LogP contribution in [0.3, 0.4) is 0 Å². The Bertz CT molecular complexity index is 900. The van der Waals surface area contributed by atoms with Gasteiger partial charge in [0.25, 0.3) is 0 Å². The fraction of sp³-hybridized carbons (Fsp3) is 0.417. The van der Waals surface area contributed by atoms with Crippen molar-refractivity contribution in [3.8, 4) is 5.75 Å². The van der Waals surface area contributed by atoms with Crippen LogP contribution in [-0.2, 0) is 9.53 Å². The lowest BCUT2D eigenvalue weighted by Gasteiger charge is -2.35. The highest BCUT2D eigenvalue weighted by Crippen LogP contribution is 2.25. The molecule has 2 N–H and O–H groups in total. The summed E-state index contributed by atoms with van der Waals surface area (Å²) in [5.41, 5.74) is 3.19. The Morgan fingerprint density at radius 2 is 2.10 bits per heavy atom. The standard InChI is InChI=1S/C24H32N4O3/c1-4-25-24(26-12-14-30-21-10-7-9-20(16-21)27-19(3)29)28-13-15-31-23(17-28)22-11-6-5-8-18(22)2/h5-11,16,23H,4,12-15,17H2,1-3H3,(H,25,26)(H,27,29). The molecule has 1 aliphatic heterocycles. The lowest BCUT2D eigenvalue weighted by Crippen LogP contribution is -2.48. The fourth-order valence-electron chi connectivity index (χ4n) is 3.59. The van der Waals surface area contributed by atoms with Gasteiger partial charge in [0, 0.05) is 31.8 Å². The summed E-state index contributed by atoms with van der Waals surface area (Å²) in [6.45, 7) is 9.67. The quantitative estimate of drug-likeness (QED) is 0.405. The van der Waals surface area contributed by atoms with Gasteiger partial charge in [0.1, 0.15) is 18.5 Å². The molecule has 7 nitrogen and oxygen atoms in total. The second-order valence-corrected chi connectivity index (χ2v) is 7.46. The smallest absolute Gasteiger partial charge is 0.221 e. The maximum Gasteiger partial charge on any atom is 0.221 e. The van der Waals surface area contributed by atoms with Crippen LogP contribution in [0.1, 0.15) is 31.1 Å². The van der Waals surface area contributed by atoms with E-state index in [-0.39, 0.29) is 12.0 Å². The van der Waals surface area contributed by atoms with Crippen molar-refractivity contribution >= 4 is 17.6 Å². The molecule has 7 heteroatoms. The number of nitrogens with zero attached hydrogens (tertiary/aromatic N) is 2. The molecule has 0 aliphatic carbocycles. The molecular formula is C24H32N4O3. The Labute approximate surface area is 184 Å². The number of anilines is 1. The van der Waals surface area contributed by atoms with Gasteiger partial charge in [-0.2, -0.15) is 0 Å². The van der Waals surface area contributed by atoms with E-state index in [2.05, 4.69) is 53.6 Å². The molecule has 31 heavy (non-hydrogen) atoms. The van der Waals surface area contributed by atoms with Crippen molar-refractivity contribution in [3.05, 3.63) is 59.7 Å². The van der Waals surface area contributed by atoms with Crippen LogP contribution in [0.2, 0.25) is 0 Å². The fourth-order valence-corrected chi connectivity index (χ4v) is 3.59. The van der Waals surface area contributed by atoms with Gasteiger partial charge in [-0.25, -0.2) is 4.99 Å². The highest BCUT2D eigenvalue weighted by atomic mass is 16.5. The molecule has 3 rings (SSSR count). The number of rotatable bonds is 7. The van der Waals surface area contributed by atoms with E-state index in [0.29, 0.717) is 25.5 Å². The number of ether oxygens (including phenoxy) is 2. The van der Waals surface area contributed by atoms with Gasteiger partial charge < -0.3 is 25.0 Å². The first-order valence-corrected chi connectivity index (χ1v) is 10.8. The van der Waals surface area contributed by atoms with Gasteiger partial charge in [0.05, 0.1) is 19.7 Å². The summed E-state index contributed by atoms with van der Waals surface area (Å²) in [7, 11) is 0. The van der Waals surface area contributed by atoms with Crippen molar-refractivity contribution in [2.75, 3.05) is 44.7 Å². The average Bonchev–Trinajstić information content (AvgIpc) is 2.76. The molecule has 2 aromatic rings. The van der Waals surface area contributed by atoms with Crippen LogP contribution in [0.25, 0.3) is 0 Å². The number of amides is 1. The van der Waals surface area contributed by atoms with Crippen molar-refractivity contribution in [1.29, 1.82) is 0 Å². The normalized spacial score (nSPS) is 16.7. The number of hydrogen-bond acceptors (Lipinski definition) is 4. The number of carbonyl (C=O) groups excluding carboxylic acids is 1.